The van der Waals surface area contributed by atoms with Crippen molar-refractivity contribution in [2.24, 2.45) is 0 Å². The molecule has 0 amide bonds. The second-order valence-electron chi connectivity index (χ2n) is 8.14. The van der Waals surface area contributed by atoms with Crippen molar-refractivity contribution in [2.75, 3.05) is 6.61 Å². The molecule has 0 saturated heterocycles. The van der Waals surface area contributed by atoms with Crippen LogP contribution in [0.1, 0.15) is 136 Å². The summed E-state index contributed by atoms with van der Waals surface area (Å²) in [5.41, 5.74) is 0. The lowest BCUT2D eigenvalue weighted by Gasteiger charge is -2.13. The van der Waals surface area contributed by atoms with E-state index >= 15 is 0 Å². The first-order chi connectivity index (χ1) is 13.2. The summed E-state index contributed by atoms with van der Waals surface area (Å²) in [6.07, 6.45) is 22.9. The van der Waals surface area contributed by atoms with Crippen LogP contribution in [0.4, 0.5) is 0 Å². The van der Waals surface area contributed by atoms with Crippen molar-refractivity contribution in [1.82, 2.24) is 0 Å². The molecule has 0 saturated carbocycles. The van der Waals surface area contributed by atoms with Crippen molar-refractivity contribution in [2.45, 2.75) is 142 Å². The molecule has 0 aliphatic rings. The summed E-state index contributed by atoms with van der Waals surface area (Å²) in [6.45, 7) is 5.10. The van der Waals surface area contributed by atoms with Gasteiger partial charge in [-0.15, -0.1) is 0 Å². The average Bonchev–Trinajstić information content (AvgIpc) is 2.66. The summed E-state index contributed by atoms with van der Waals surface area (Å²) < 4.78 is 5.64. The molecule has 0 aromatic rings. The van der Waals surface area contributed by atoms with E-state index in [0.29, 0.717) is 13.0 Å². The molecule has 1 unspecified atom stereocenters. The first-order valence-electron chi connectivity index (χ1n) is 12.1. The standard InChI is InChI=1S/C24H48O3/c1-3-5-7-9-11-13-15-17-19-21-23(24(25)26)27-22-20-18-16-14-12-10-8-6-4-2/h23H,3-22H2,1-2H3,(H,25,26). The summed E-state index contributed by atoms with van der Waals surface area (Å²) in [4.78, 5) is 11.3. The van der Waals surface area contributed by atoms with E-state index in [9.17, 15) is 9.90 Å². The van der Waals surface area contributed by atoms with Gasteiger partial charge >= 0.3 is 5.97 Å². The van der Waals surface area contributed by atoms with Gasteiger partial charge in [-0.25, -0.2) is 4.79 Å². The summed E-state index contributed by atoms with van der Waals surface area (Å²) in [6, 6.07) is 0. The Kier molecular flexibility index (Phi) is 21.3. The summed E-state index contributed by atoms with van der Waals surface area (Å²) in [5.74, 6) is -0.787. The Labute approximate surface area is 169 Å². The van der Waals surface area contributed by atoms with E-state index in [-0.39, 0.29) is 0 Å². The zero-order valence-electron chi connectivity index (χ0n) is 18.5. The Morgan fingerprint density at radius 1 is 0.630 bits per heavy atom. The normalized spacial score (nSPS) is 12.4. The van der Waals surface area contributed by atoms with Gasteiger partial charge in [0.25, 0.3) is 0 Å². The van der Waals surface area contributed by atoms with Crippen LogP contribution in [0.3, 0.4) is 0 Å². The van der Waals surface area contributed by atoms with Crippen LogP contribution in [-0.2, 0) is 9.53 Å². The number of hydrogen-bond donors (Lipinski definition) is 1. The monoisotopic (exact) mass is 384 g/mol. The Hall–Kier alpha value is -0.570. The van der Waals surface area contributed by atoms with Crippen LogP contribution in [0.2, 0.25) is 0 Å². The highest BCUT2D eigenvalue weighted by Crippen LogP contribution is 2.14. The molecule has 0 heterocycles. The lowest BCUT2D eigenvalue weighted by Crippen LogP contribution is -2.24. The zero-order valence-corrected chi connectivity index (χ0v) is 18.5. The predicted octanol–water partition coefficient (Wildman–Crippen LogP) is 7.91. The van der Waals surface area contributed by atoms with Gasteiger partial charge in [0.2, 0.25) is 0 Å². The van der Waals surface area contributed by atoms with Gasteiger partial charge in [0.15, 0.2) is 6.10 Å². The summed E-state index contributed by atoms with van der Waals surface area (Å²) in [5, 5.41) is 9.31. The maximum absolute atomic E-state index is 11.3. The smallest absolute Gasteiger partial charge is 0.332 e. The molecule has 3 heteroatoms. The van der Waals surface area contributed by atoms with Crippen LogP contribution >= 0.6 is 0 Å². The van der Waals surface area contributed by atoms with Crippen LogP contribution in [0.25, 0.3) is 0 Å². The van der Waals surface area contributed by atoms with E-state index in [0.717, 1.165) is 25.7 Å². The van der Waals surface area contributed by atoms with Crippen molar-refractivity contribution >= 4 is 5.97 Å². The number of unbranched alkanes of at least 4 members (excludes halogenated alkanes) is 16. The number of ether oxygens (including phenoxy) is 1. The molecule has 0 fully saturated rings. The highest BCUT2D eigenvalue weighted by atomic mass is 16.5. The minimum atomic E-state index is -0.787. The predicted molar refractivity (Wildman–Crippen MR) is 116 cm³/mol. The molecule has 1 atom stereocenters. The molecular weight excluding hydrogens is 336 g/mol. The third-order valence-electron chi connectivity index (χ3n) is 5.41. The molecule has 0 aliphatic heterocycles. The largest absolute Gasteiger partial charge is 0.479 e. The van der Waals surface area contributed by atoms with Gasteiger partial charge in [-0.1, -0.05) is 123 Å². The van der Waals surface area contributed by atoms with E-state index in [2.05, 4.69) is 13.8 Å². The van der Waals surface area contributed by atoms with Crippen LogP contribution < -0.4 is 0 Å². The minimum Gasteiger partial charge on any atom is -0.479 e. The van der Waals surface area contributed by atoms with Crippen LogP contribution in [0.15, 0.2) is 0 Å². The third kappa shape index (κ3) is 20.0. The van der Waals surface area contributed by atoms with Gasteiger partial charge in [0, 0.05) is 6.61 Å². The Morgan fingerprint density at radius 2 is 1.00 bits per heavy atom. The lowest BCUT2D eigenvalue weighted by molar-refractivity contribution is -0.151. The minimum absolute atomic E-state index is 0.594. The average molecular weight is 385 g/mol. The zero-order chi connectivity index (χ0) is 20.0. The topological polar surface area (TPSA) is 46.5 Å². The highest BCUT2D eigenvalue weighted by Gasteiger charge is 2.16. The first-order valence-corrected chi connectivity index (χ1v) is 12.1. The second-order valence-corrected chi connectivity index (χ2v) is 8.14. The molecule has 162 valence electrons. The molecule has 27 heavy (non-hydrogen) atoms. The molecule has 0 rings (SSSR count). The van der Waals surface area contributed by atoms with Crippen LogP contribution in [0.5, 0.6) is 0 Å². The molecular formula is C24H48O3. The molecule has 0 spiro atoms. The molecule has 0 aromatic carbocycles. The van der Waals surface area contributed by atoms with Gasteiger partial charge in [0.1, 0.15) is 0 Å². The van der Waals surface area contributed by atoms with Gasteiger partial charge < -0.3 is 9.84 Å². The number of carboxylic acids is 1. The quantitative estimate of drug-likeness (QED) is 0.193. The maximum atomic E-state index is 11.3. The van der Waals surface area contributed by atoms with E-state index in [1.165, 1.54) is 89.9 Å². The van der Waals surface area contributed by atoms with Crippen molar-refractivity contribution in [3.63, 3.8) is 0 Å². The fourth-order valence-corrected chi connectivity index (χ4v) is 3.56. The first kappa shape index (κ1) is 26.4. The fourth-order valence-electron chi connectivity index (χ4n) is 3.56. The number of carboxylic acid groups (broad SMARTS) is 1. The summed E-state index contributed by atoms with van der Waals surface area (Å²) in [7, 11) is 0. The molecule has 1 N–H and O–H groups in total. The SMILES string of the molecule is CCCCCCCCCCCOC(CCCCCCCCCCC)C(=O)O. The van der Waals surface area contributed by atoms with Gasteiger partial charge in [-0.2, -0.15) is 0 Å². The molecule has 0 radical (unpaired) electrons. The van der Waals surface area contributed by atoms with E-state index in [1.54, 1.807) is 0 Å². The molecule has 0 aromatic heterocycles. The van der Waals surface area contributed by atoms with E-state index in [1.807, 2.05) is 0 Å². The van der Waals surface area contributed by atoms with Crippen molar-refractivity contribution in [3.8, 4) is 0 Å². The Morgan fingerprint density at radius 3 is 1.41 bits per heavy atom. The molecule has 3 nitrogen and oxygen atoms in total. The molecule has 0 aliphatic carbocycles. The van der Waals surface area contributed by atoms with Crippen LogP contribution in [-0.4, -0.2) is 23.8 Å². The molecule has 0 bridgehead atoms. The Balaban J connectivity index is 3.46. The fraction of sp³-hybridized carbons (Fsp3) is 0.958. The third-order valence-corrected chi connectivity index (χ3v) is 5.41. The number of aliphatic carboxylic acids is 1. The van der Waals surface area contributed by atoms with Gasteiger partial charge in [0.05, 0.1) is 0 Å². The van der Waals surface area contributed by atoms with E-state index < -0.39 is 12.1 Å². The number of rotatable bonds is 22. The van der Waals surface area contributed by atoms with Crippen molar-refractivity contribution in [3.05, 3.63) is 0 Å². The summed E-state index contributed by atoms with van der Waals surface area (Å²) >= 11 is 0. The second kappa shape index (κ2) is 21.7. The van der Waals surface area contributed by atoms with Gasteiger partial charge in [-0.3, -0.25) is 0 Å². The highest BCUT2D eigenvalue weighted by molar-refractivity contribution is 5.72. The maximum Gasteiger partial charge on any atom is 0.332 e. The number of hydrogen-bond acceptors (Lipinski definition) is 2. The lowest BCUT2D eigenvalue weighted by atomic mass is 10.0. The Bertz CT molecular complexity index is 304. The number of carbonyl (C=O) groups is 1. The van der Waals surface area contributed by atoms with Crippen LogP contribution in [0, 0.1) is 0 Å². The van der Waals surface area contributed by atoms with Crippen molar-refractivity contribution in [1.29, 1.82) is 0 Å². The van der Waals surface area contributed by atoms with Gasteiger partial charge in [-0.05, 0) is 12.8 Å². The van der Waals surface area contributed by atoms with Crippen molar-refractivity contribution < 1.29 is 14.6 Å². The van der Waals surface area contributed by atoms with E-state index in [4.69, 9.17) is 4.74 Å².